The van der Waals surface area contributed by atoms with E-state index in [1.165, 1.54) is 23.5 Å². The molecule has 1 atom stereocenters. The number of carbonyl (C=O) groups is 1. The molecule has 1 aromatic heterocycles. The lowest BCUT2D eigenvalue weighted by Gasteiger charge is -2.30. The average Bonchev–Trinajstić information content (AvgIpc) is 3.23. The number of fused-ring (bicyclic) bond motifs is 1. The number of aromatic amines is 1. The lowest BCUT2D eigenvalue weighted by atomic mass is 10.1. The van der Waals surface area contributed by atoms with Crippen LogP contribution in [0.2, 0.25) is 0 Å². The largest absolute Gasteiger partial charge is 0.369 e. The van der Waals surface area contributed by atoms with Crippen LogP contribution in [0, 0.1) is 0 Å². The highest BCUT2D eigenvalue weighted by molar-refractivity contribution is 5.94. The second-order valence-electron chi connectivity index (χ2n) is 6.56. The van der Waals surface area contributed by atoms with Gasteiger partial charge in [-0.25, -0.2) is 0 Å². The second kappa shape index (κ2) is 6.15. The van der Waals surface area contributed by atoms with Crippen LogP contribution < -0.4 is 10.5 Å². The van der Waals surface area contributed by atoms with Gasteiger partial charge >= 0.3 is 0 Å². The first kappa shape index (κ1) is 15.0. The fourth-order valence-corrected chi connectivity index (χ4v) is 3.85. The molecule has 0 aliphatic carbocycles. The Bertz CT molecular complexity index is 794. The number of benzene rings is 1. The number of carbonyl (C=O) groups excluding carboxylic acids is 1. The molecule has 2 aliphatic heterocycles. The fourth-order valence-electron chi connectivity index (χ4n) is 3.85. The molecule has 1 amide bonds. The third kappa shape index (κ3) is 2.70. The van der Waals surface area contributed by atoms with Gasteiger partial charge in [-0.3, -0.25) is 9.59 Å². The molecule has 124 valence electrons. The monoisotopic (exact) mass is 323 g/mol. The molecule has 2 aliphatic rings. The van der Waals surface area contributed by atoms with Crippen LogP contribution in [-0.2, 0) is 6.42 Å². The van der Waals surface area contributed by atoms with Crippen molar-refractivity contribution < 1.29 is 4.79 Å². The molecule has 1 saturated heterocycles. The van der Waals surface area contributed by atoms with Crippen LogP contribution in [0.4, 0.5) is 5.69 Å². The number of hydrogen-bond donors (Lipinski definition) is 1. The van der Waals surface area contributed by atoms with E-state index in [0.717, 1.165) is 38.9 Å². The number of amides is 1. The van der Waals surface area contributed by atoms with Crippen LogP contribution in [0.1, 0.15) is 28.8 Å². The molecule has 5 heteroatoms. The normalized spacial score (nSPS) is 19.6. The summed E-state index contributed by atoms with van der Waals surface area (Å²) in [5.41, 5.74) is 3.08. The highest BCUT2D eigenvalue weighted by atomic mass is 16.2. The van der Waals surface area contributed by atoms with E-state index in [4.69, 9.17) is 0 Å². The Hall–Kier alpha value is -2.56. The van der Waals surface area contributed by atoms with Gasteiger partial charge in [0.05, 0.1) is 5.56 Å². The van der Waals surface area contributed by atoms with Gasteiger partial charge in [0.25, 0.3) is 5.91 Å². The third-order valence-corrected chi connectivity index (χ3v) is 5.08. The minimum absolute atomic E-state index is 0.0150. The van der Waals surface area contributed by atoms with E-state index in [2.05, 4.69) is 34.1 Å². The van der Waals surface area contributed by atoms with Crippen molar-refractivity contribution in [3.8, 4) is 0 Å². The highest BCUT2D eigenvalue weighted by Gasteiger charge is 2.32. The molecular weight excluding hydrogens is 302 g/mol. The Morgan fingerprint density at radius 1 is 1.17 bits per heavy atom. The Labute approximate surface area is 140 Å². The SMILES string of the molecule is O=C(c1ccc(=O)[nH]c1)N1CCCC1CN1CCc2ccccc21. The maximum atomic E-state index is 12.8. The molecule has 1 N–H and O–H groups in total. The Kier molecular flexibility index (Phi) is 3.84. The lowest BCUT2D eigenvalue weighted by Crippen LogP contribution is -2.43. The first-order chi connectivity index (χ1) is 11.7. The maximum Gasteiger partial charge on any atom is 0.255 e. The molecule has 24 heavy (non-hydrogen) atoms. The van der Waals surface area contributed by atoms with Gasteiger partial charge in [0.15, 0.2) is 0 Å². The minimum atomic E-state index is -0.182. The minimum Gasteiger partial charge on any atom is -0.369 e. The van der Waals surface area contributed by atoms with E-state index < -0.39 is 0 Å². The van der Waals surface area contributed by atoms with Gasteiger partial charge in [-0.15, -0.1) is 0 Å². The molecule has 0 bridgehead atoms. The number of rotatable bonds is 3. The van der Waals surface area contributed by atoms with Crippen molar-refractivity contribution >= 4 is 11.6 Å². The smallest absolute Gasteiger partial charge is 0.255 e. The summed E-state index contributed by atoms with van der Waals surface area (Å²) in [6.45, 7) is 2.70. The number of hydrogen-bond acceptors (Lipinski definition) is 3. The zero-order valence-electron chi connectivity index (χ0n) is 13.6. The number of anilines is 1. The maximum absolute atomic E-state index is 12.8. The van der Waals surface area contributed by atoms with Gasteiger partial charge in [-0.2, -0.15) is 0 Å². The van der Waals surface area contributed by atoms with Gasteiger partial charge in [-0.05, 0) is 37.0 Å². The van der Waals surface area contributed by atoms with Crippen LogP contribution in [-0.4, -0.2) is 41.5 Å². The fraction of sp³-hybridized carbons (Fsp3) is 0.368. The van der Waals surface area contributed by atoms with E-state index >= 15 is 0 Å². The topological polar surface area (TPSA) is 56.4 Å². The number of nitrogens with one attached hydrogen (secondary N) is 1. The molecule has 0 spiro atoms. The zero-order chi connectivity index (χ0) is 16.5. The standard InChI is InChI=1S/C19H21N3O2/c23-18-8-7-15(12-20-18)19(24)22-10-3-5-16(22)13-21-11-9-14-4-1-2-6-17(14)21/h1-2,4,6-8,12,16H,3,5,9-11,13H2,(H,20,23). The number of pyridine rings is 1. The summed E-state index contributed by atoms with van der Waals surface area (Å²) in [4.78, 5) is 30.9. The number of likely N-dealkylation sites (tertiary alicyclic amines) is 1. The summed E-state index contributed by atoms with van der Waals surface area (Å²) in [7, 11) is 0. The number of H-pyrrole nitrogens is 1. The third-order valence-electron chi connectivity index (χ3n) is 5.08. The van der Waals surface area contributed by atoms with Crippen molar-refractivity contribution in [2.24, 2.45) is 0 Å². The van der Waals surface area contributed by atoms with Gasteiger partial charge in [-0.1, -0.05) is 18.2 Å². The molecule has 5 nitrogen and oxygen atoms in total. The zero-order valence-corrected chi connectivity index (χ0v) is 13.6. The van der Waals surface area contributed by atoms with E-state index in [1.54, 1.807) is 6.07 Å². The summed E-state index contributed by atoms with van der Waals surface area (Å²) >= 11 is 0. The number of aromatic nitrogens is 1. The van der Waals surface area contributed by atoms with Crippen molar-refractivity contribution in [2.75, 3.05) is 24.5 Å². The summed E-state index contributed by atoms with van der Waals surface area (Å²) < 4.78 is 0. The quantitative estimate of drug-likeness (QED) is 0.940. The van der Waals surface area contributed by atoms with Crippen molar-refractivity contribution in [2.45, 2.75) is 25.3 Å². The van der Waals surface area contributed by atoms with Gasteiger partial charge in [0.1, 0.15) is 0 Å². The molecule has 0 radical (unpaired) electrons. The summed E-state index contributed by atoms with van der Waals surface area (Å²) in [5, 5.41) is 0. The van der Waals surface area contributed by atoms with Crippen molar-refractivity contribution in [1.29, 1.82) is 0 Å². The Morgan fingerprint density at radius 2 is 2.04 bits per heavy atom. The van der Waals surface area contributed by atoms with Crippen molar-refractivity contribution in [3.05, 3.63) is 64.1 Å². The molecule has 4 rings (SSSR count). The predicted molar refractivity (Wildman–Crippen MR) is 93.5 cm³/mol. The molecular formula is C19H21N3O2. The summed E-state index contributed by atoms with van der Waals surface area (Å²) in [5.74, 6) is 0.0150. The average molecular weight is 323 g/mol. The van der Waals surface area contributed by atoms with E-state index in [-0.39, 0.29) is 17.5 Å². The molecule has 1 fully saturated rings. The first-order valence-corrected chi connectivity index (χ1v) is 8.55. The highest BCUT2D eigenvalue weighted by Crippen LogP contribution is 2.30. The predicted octanol–water partition coefficient (Wildman–Crippen LogP) is 2.04. The van der Waals surface area contributed by atoms with E-state index in [0.29, 0.717) is 5.56 Å². The van der Waals surface area contributed by atoms with Crippen LogP contribution >= 0.6 is 0 Å². The summed E-state index contributed by atoms with van der Waals surface area (Å²) in [6.07, 6.45) is 4.67. The van der Waals surface area contributed by atoms with Crippen molar-refractivity contribution in [3.63, 3.8) is 0 Å². The number of para-hydroxylation sites is 1. The second-order valence-corrected chi connectivity index (χ2v) is 6.56. The van der Waals surface area contributed by atoms with E-state index in [1.807, 2.05) is 4.90 Å². The van der Waals surface area contributed by atoms with E-state index in [9.17, 15) is 9.59 Å². The molecule has 1 aromatic carbocycles. The lowest BCUT2D eigenvalue weighted by molar-refractivity contribution is 0.0740. The van der Waals surface area contributed by atoms with Crippen LogP contribution in [0.15, 0.2) is 47.4 Å². The number of nitrogens with zero attached hydrogens (tertiary/aromatic N) is 2. The molecule has 0 saturated carbocycles. The molecule has 3 heterocycles. The van der Waals surface area contributed by atoms with Crippen LogP contribution in [0.5, 0.6) is 0 Å². The van der Waals surface area contributed by atoms with Crippen molar-refractivity contribution in [1.82, 2.24) is 9.88 Å². The summed E-state index contributed by atoms with van der Waals surface area (Å²) in [6, 6.07) is 11.8. The molecule has 2 aromatic rings. The first-order valence-electron chi connectivity index (χ1n) is 8.55. The Morgan fingerprint density at radius 3 is 2.88 bits per heavy atom. The van der Waals surface area contributed by atoms with Crippen LogP contribution in [0.3, 0.4) is 0 Å². The van der Waals surface area contributed by atoms with Crippen LogP contribution in [0.25, 0.3) is 0 Å². The Balaban J connectivity index is 1.50. The van der Waals surface area contributed by atoms with Gasteiger partial charge < -0.3 is 14.8 Å². The molecule has 1 unspecified atom stereocenters. The van der Waals surface area contributed by atoms with Gasteiger partial charge in [0, 0.05) is 43.6 Å². The van der Waals surface area contributed by atoms with Gasteiger partial charge in [0.2, 0.25) is 5.56 Å².